The molecule has 0 fully saturated rings. The van der Waals surface area contributed by atoms with Gasteiger partial charge in [-0.2, -0.15) is 0 Å². The Morgan fingerprint density at radius 2 is 2.00 bits per heavy atom. The molecule has 0 aliphatic heterocycles. The second-order valence-corrected chi connectivity index (χ2v) is 3.60. The van der Waals surface area contributed by atoms with Gasteiger partial charge in [0, 0.05) is 0 Å². The monoisotopic (exact) mass is 192 g/mol. The van der Waals surface area contributed by atoms with Crippen LogP contribution in [0.5, 0.6) is 0 Å². The first-order valence-electron chi connectivity index (χ1n) is 4.71. The van der Waals surface area contributed by atoms with Crippen molar-refractivity contribution >= 4 is 5.97 Å². The molecule has 1 aromatic carbocycles. The molecule has 76 valence electrons. The summed E-state index contributed by atoms with van der Waals surface area (Å²) in [5, 5.41) is 0. The average Bonchev–Trinajstić information content (AvgIpc) is 2.15. The van der Waals surface area contributed by atoms with Crippen molar-refractivity contribution in [2.24, 2.45) is 0 Å². The summed E-state index contributed by atoms with van der Waals surface area (Å²) in [4.78, 5) is 11.3. The first-order valence-corrected chi connectivity index (χ1v) is 4.71. The van der Waals surface area contributed by atoms with Crippen molar-refractivity contribution < 1.29 is 9.53 Å². The van der Waals surface area contributed by atoms with Gasteiger partial charge < -0.3 is 4.74 Å². The van der Waals surface area contributed by atoms with Gasteiger partial charge in [-0.25, -0.2) is 0 Å². The van der Waals surface area contributed by atoms with Crippen LogP contribution in [0.25, 0.3) is 0 Å². The molecule has 0 heterocycles. The lowest BCUT2D eigenvalue weighted by Gasteiger charge is -2.12. The number of hydrogen-bond acceptors (Lipinski definition) is 2. The largest absolute Gasteiger partial charge is 0.469 e. The lowest BCUT2D eigenvalue weighted by Crippen LogP contribution is -2.11. The van der Waals surface area contributed by atoms with Crippen molar-refractivity contribution in [1.29, 1.82) is 0 Å². The Balaban J connectivity index is 3.01. The van der Waals surface area contributed by atoms with Gasteiger partial charge in [-0.15, -0.1) is 0 Å². The highest BCUT2D eigenvalue weighted by Gasteiger charge is 2.16. The first kappa shape index (κ1) is 10.8. The van der Waals surface area contributed by atoms with Gasteiger partial charge in [0.2, 0.25) is 0 Å². The van der Waals surface area contributed by atoms with E-state index in [9.17, 15) is 4.79 Å². The Morgan fingerprint density at radius 1 is 1.36 bits per heavy atom. The van der Waals surface area contributed by atoms with E-state index in [2.05, 4.69) is 6.07 Å². The second-order valence-electron chi connectivity index (χ2n) is 3.60. The predicted molar refractivity (Wildman–Crippen MR) is 56.3 cm³/mol. The van der Waals surface area contributed by atoms with Crippen LogP contribution in [0.1, 0.15) is 29.5 Å². The quantitative estimate of drug-likeness (QED) is 0.673. The zero-order valence-corrected chi connectivity index (χ0v) is 9.13. The number of aryl methyl sites for hydroxylation is 2. The number of benzene rings is 1. The van der Waals surface area contributed by atoms with Gasteiger partial charge in [-0.3, -0.25) is 4.79 Å². The number of methoxy groups -OCH3 is 1. The van der Waals surface area contributed by atoms with Crippen LogP contribution in [0.3, 0.4) is 0 Å². The molecule has 0 aliphatic rings. The Bertz CT molecular complexity index is 342. The van der Waals surface area contributed by atoms with E-state index in [1.807, 2.05) is 32.9 Å². The Labute approximate surface area is 84.9 Å². The molecular weight excluding hydrogens is 176 g/mol. The van der Waals surface area contributed by atoms with Gasteiger partial charge in [0.25, 0.3) is 0 Å². The minimum Gasteiger partial charge on any atom is -0.469 e. The lowest BCUT2D eigenvalue weighted by atomic mass is 9.95. The first-order chi connectivity index (χ1) is 6.56. The third-order valence-corrected chi connectivity index (χ3v) is 2.45. The van der Waals surface area contributed by atoms with Crippen molar-refractivity contribution in [3.05, 3.63) is 34.9 Å². The van der Waals surface area contributed by atoms with Gasteiger partial charge in [0.05, 0.1) is 13.0 Å². The van der Waals surface area contributed by atoms with E-state index >= 15 is 0 Å². The fourth-order valence-electron chi connectivity index (χ4n) is 1.62. The summed E-state index contributed by atoms with van der Waals surface area (Å²) in [6.45, 7) is 5.92. The fraction of sp³-hybridized carbons (Fsp3) is 0.417. The van der Waals surface area contributed by atoms with Gasteiger partial charge in [-0.05, 0) is 31.9 Å². The van der Waals surface area contributed by atoms with Crippen LogP contribution < -0.4 is 0 Å². The number of ether oxygens (including phenoxy) is 1. The average molecular weight is 192 g/mol. The third kappa shape index (κ3) is 2.13. The topological polar surface area (TPSA) is 26.3 Å². The number of carbonyl (C=O) groups is 1. The zero-order chi connectivity index (χ0) is 10.7. The summed E-state index contributed by atoms with van der Waals surface area (Å²) in [6.07, 6.45) is 0. The highest BCUT2D eigenvalue weighted by Crippen LogP contribution is 2.21. The number of carbonyl (C=O) groups excluding carboxylic acids is 1. The molecule has 0 aromatic heterocycles. The van der Waals surface area contributed by atoms with E-state index in [1.54, 1.807) is 0 Å². The van der Waals surface area contributed by atoms with Crippen LogP contribution in [0, 0.1) is 13.8 Å². The molecule has 0 unspecified atom stereocenters. The molecule has 2 nitrogen and oxygen atoms in total. The number of esters is 1. The Hall–Kier alpha value is -1.31. The molecule has 0 spiro atoms. The van der Waals surface area contributed by atoms with Crippen molar-refractivity contribution in [2.75, 3.05) is 7.11 Å². The molecule has 0 radical (unpaired) electrons. The number of hydrogen-bond donors (Lipinski definition) is 0. The summed E-state index contributed by atoms with van der Waals surface area (Å²) >= 11 is 0. The van der Waals surface area contributed by atoms with Crippen LogP contribution in [-0.2, 0) is 9.53 Å². The van der Waals surface area contributed by atoms with Gasteiger partial charge in [0.1, 0.15) is 0 Å². The van der Waals surface area contributed by atoms with Gasteiger partial charge >= 0.3 is 5.97 Å². The van der Waals surface area contributed by atoms with Crippen LogP contribution in [0.2, 0.25) is 0 Å². The normalized spacial score (nSPS) is 12.3. The lowest BCUT2D eigenvalue weighted by molar-refractivity contribution is -0.142. The standard InChI is InChI=1S/C12H16O2/c1-8-5-6-11(9(2)7-8)10(3)12(13)14-4/h5-7,10H,1-4H3/t10-/m0/s1. The summed E-state index contributed by atoms with van der Waals surface area (Å²) in [5.41, 5.74) is 3.40. The van der Waals surface area contributed by atoms with Crippen LogP contribution in [-0.4, -0.2) is 13.1 Å². The van der Waals surface area contributed by atoms with Gasteiger partial charge in [0.15, 0.2) is 0 Å². The molecule has 0 bridgehead atoms. The summed E-state index contributed by atoms with van der Waals surface area (Å²) in [7, 11) is 1.42. The van der Waals surface area contributed by atoms with E-state index in [0.717, 1.165) is 11.1 Å². The molecule has 2 heteroatoms. The molecule has 0 saturated carbocycles. The molecule has 0 amide bonds. The van der Waals surface area contributed by atoms with Crippen molar-refractivity contribution in [3.63, 3.8) is 0 Å². The zero-order valence-electron chi connectivity index (χ0n) is 9.13. The predicted octanol–water partition coefficient (Wildman–Crippen LogP) is 2.58. The van der Waals surface area contributed by atoms with E-state index in [-0.39, 0.29) is 11.9 Å². The molecule has 0 N–H and O–H groups in total. The minimum atomic E-state index is -0.183. The maximum Gasteiger partial charge on any atom is 0.312 e. The van der Waals surface area contributed by atoms with Crippen molar-refractivity contribution in [2.45, 2.75) is 26.7 Å². The highest BCUT2D eigenvalue weighted by molar-refractivity contribution is 5.78. The SMILES string of the molecule is COC(=O)[C@@H](C)c1ccc(C)cc1C. The van der Waals surface area contributed by atoms with E-state index in [1.165, 1.54) is 12.7 Å². The number of rotatable bonds is 2. The Kier molecular flexibility index (Phi) is 3.28. The maximum absolute atomic E-state index is 11.3. The summed E-state index contributed by atoms with van der Waals surface area (Å²) in [5.74, 6) is -0.363. The molecule has 1 aromatic rings. The van der Waals surface area contributed by atoms with Crippen molar-refractivity contribution in [3.8, 4) is 0 Å². The van der Waals surface area contributed by atoms with Crippen LogP contribution in [0.15, 0.2) is 18.2 Å². The van der Waals surface area contributed by atoms with Crippen LogP contribution in [0.4, 0.5) is 0 Å². The molecule has 0 aliphatic carbocycles. The maximum atomic E-state index is 11.3. The fourth-order valence-corrected chi connectivity index (χ4v) is 1.62. The summed E-state index contributed by atoms with van der Waals surface area (Å²) in [6, 6.07) is 6.09. The molecule has 1 rings (SSSR count). The summed E-state index contributed by atoms with van der Waals surface area (Å²) < 4.78 is 4.71. The Morgan fingerprint density at radius 3 is 2.50 bits per heavy atom. The van der Waals surface area contributed by atoms with E-state index in [4.69, 9.17) is 4.74 Å². The molecular formula is C12H16O2. The highest BCUT2D eigenvalue weighted by atomic mass is 16.5. The van der Waals surface area contributed by atoms with Crippen molar-refractivity contribution in [1.82, 2.24) is 0 Å². The van der Waals surface area contributed by atoms with E-state index < -0.39 is 0 Å². The molecule has 14 heavy (non-hydrogen) atoms. The van der Waals surface area contributed by atoms with Crippen LogP contribution >= 0.6 is 0 Å². The second kappa shape index (κ2) is 4.27. The van der Waals surface area contributed by atoms with E-state index in [0.29, 0.717) is 0 Å². The van der Waals surface area contributed by atoms with Gasteiger partial charge in [-0.1, -0.05) is 23.8 Å². The third-order valence-electron chi connectivity index (χ3n) is 2.45. The minimum absolute atomic E-state index is 0.180. The molecule has 1 atom stereocenters. The smallest absolute Gasteiger partial charge is 0.312 e. The molecule has 0 saturated heterocycles.